The highest BCUT2D eigenvalue weighted by molar-refractivity contribution is 5.37. The summed E-state index contributed by atoms with van der Waals surface area (Å²) in [5, 5.41) is 9.18. The van der Waals surface area contributed by atoms with Crippen molar-refractivity contribution in [2.45, 2.75) is 392 Å². The number of alkyl halides is 1. The smallest absolute Gasteiger partial charge is 0.133 e. The van der Waals surface area contributed by atoms with Gasteiger partial charge in [0.2, 0.25) is 0 Å². The molecule has 8 aromatic carbocycles. The van der Waals surface area contributed by atoms with Crippen LogP contribution in [-0.2, 0) is 57.1 Å². The average Bonchev–Trinajstić information content (AvgIpc) is 0.845. The minimum absolute atomic E-state index is 0.318. The number of unbranched alkanes of at least 4 members (excludes halogenated alkanes) is 12. The molecule has 0 saturated heterocycles. The molecule has 0 fully saturated rings. The summed E-state index contributed by atoms with van der Waals surface area (Å²) >= 11 is 0. The van der Waals surface area contributed by atoms with Crippen LogP contribution in [0, 0.1) is 11.3 Å². The second kappa shape index (κ2) is 69.4. The van der Waals surface area contributed by atoms with E-state index in [0.29, 0.717) is 79.5 Å². The van der Waals surface area contributed by atoms with E-state index in [2.05, 4.69) is 252 Å². The standard InChI is InChI=1S/C19H32.C18H30.C15H24.C14H19NO2.C14H22.C13H20O2.C12H17FO.C12H18O/c1-5-7-8-9-10-11-12-17-13-15-18(16-14-17)19(3,4)6-2;1-4-6-7-8-9-10-11-17-12-14-18(15-13-17)16(3)5-2;1-5-7-8-13-9-11-14(12-10-13)15(3,4)6-2;1-4-14(2,11-15)12-5-7-13(8-6-12)17-10-9-16-3;1-4-6-7-13-8-10-14(11-9-13)12(3)5-2;1-4-11(2)12-5-7-13(8-6-12)15-10-9-14-3;1-4-12(3,13)10-6-8-11(9-7-10)14-5-2;1-4-10(3)11-6-8-12(9-7-11)13-5-2/h13-16H,5-12H2,1-4H3;12-16H,4-11H2,1-3H3;9-12H,5-8H2,1-4H3;5-8H,4,9-10H2,1-3H3;8-12H,4-7H2,1-3H3;5-8,11H,4,9-10H2,1-3H3;6-9H,4-5H2,1-3H3;6-10H,4-5H2,1-3H3. The molecular weight excluding hydrogens is 1530 g/mol. The summed E-state index contributed by atoms with van der Waals surface area (Å²) in [6.45, 7) is 55.9. The van der Waals surface area contributed by atoms with Gasteiger partial charge in [-0.1, -0.05) is 361 Å². The highest BCUT2D eigenvalue weighted by atomic mass is 19.1. The Bertz CT molecular complexity index is 3860. The topological polar surface area (TPSA) is 79.2 Å². The Morgan fingerprint density at radius 3 is 0.784 bits per heavy atom. The van der Waals surface area contributed by atoms with Crippen LogP contribution in [0.2, 0.25) is 0 Å². The van der Waals surface area contributed by atoms with Gasteiger partial charge in [-0.25, -0.2) is 4.39 Å². The molecule has 125 heavy (non-hydrogen) atoms. The Kier molecular flexibility index (Phi) is 64.0. The minimum Gasteiger partial charge on any atom is -0.494 e. The quantitative estimate of drug-likeness (QED) is 0.0352. The van der Waals surface area contributed by atoms with Crippen LogP contribution in [0.5, 0.6) is 23.0 Å². The molecule has 8 aromatic rings. The fourth-order valence-corrected chi connectivity index (χ4v) is 13.6. The Morgan fingerprint density at radius 1 is 0.280 bits per heavy atom. The van der Waals surface area contributed by atoms with E-state index < -0.39 is 11.1 Å². The van der Waals surface area contributed by atoms with Gasteiger partial charge < -0.3 is 28.4 Å². The van der Waals surface area contributed by atoms with Crippen molar-refractivity contribution in [3.05, 3.63) is 261 Å². The maximum absolute atomic E-state index is 13.8. The molecule has 0 aliphatic carbocycles. The molecular formula is C117H182FNO6. The van der Waals surface area contributed by atoms with Gasteiger partial charge >= 0.3 is 0 Å². The number of aryl methyl sites for hydroxylation is 4. The third-order valence-electron chi connectivity index (χ3n) is 25.3. The average molecular weight is 1720 g/mol. The molecule has 0 amide bonds. The van der Waals surface area contributed by atoms with E-state index >= 15 is 0 Å². The summed E-state index contributed by atoms with van der Waals surface area (Å²) < 4.78 is 45.3. The zero-order valence-corrected chi connectivity index (χ0v) is 84.6. The lowest BCUT2D eigenvalue weighted by atomic mass is 9.82. The molecule has 0 N–H and O–H groups in total. The minimum atomic E-state index is -1.23. The molecule has 8 rings (SSSR count). The highest BCUT2D eigenvalue weighted by Gasteiger charge is 2.25. The molecule has 0 aliphatic heterocycles. The molecule has 7 nitrogen and oxygen atoms in total. The van der Waals surface area contributed by atoms with Gasteiger partial charge in [-0.15, -0.1) is 0 Å². The van der Waals surface area contributed by atoms with Crippen molar-refractivity contribution in [2.75, 3.05) is 53.9 Å². The predicted octanol–water partition coefficient (Wildman–Crippen LogP) is 35.0. The first-order valence-electron chi connectivity index (χ1n) is 49.4. The van der Waals surface area contributed by atoms with Crippen molar-refractivity contribution < 1.29 is 32.8 Å². The van der Waals surface area contributed by atoms with E-state index in [-0.39, 0.29) is 0 Å². The number of ether oxygens (including phenoxy) is 6. The van der Waals surface area contributed by atoms with Crippen molar-refractivity contribution in [2.24, 2.45) is 0 Å². The Hall–Kier alpha value is -7.70. The van der Waals surface area contributed by atoms with Gasteiger partial charge in [0.25, 0.3) is 0 Å². The number of halogens is 1. The fraction of sp³-hybridized carbons (Fsp3) is 0.581. The largest absolute Gasteiger partial charge is 0.494 e. The van der Waals surface area contributed by atoms with Gasteiger partial charge in [0.15, 0.2) is 0 Å². The molecule has 0 aromatic heterocycles. The zero-order valence-electron chi connectivity index (χ0n) is 84.6. The molecule has 0 radical (unpaired) electrons. The lowest BCUT2D eigenvalue weighted by Crippen LogP contribution is -2.17. The van der Waals surface area contributed by atoms with Crippen molar-refractivity contribution in [1.82, 2.24) is 0 Å². The third-order valence-corrected chi connectivity index (χ3v) is 25.3. The number of hydrogen-bond acceptors (Lipinski definition) is 7. The number of hydrogen-bond donors (Lipinski definition) is 0. The predicted molar refractivity (Wildman–Crippen MR) is 543 cm³/mol. The second-order valence-corrected chi connectivity index (χ2v) is 35.9. The lowest BCUT2D eigenvalue weighted by molar-refractivity contribution is 0.146. The summed E-state index contributed by atoms with van der Waals surface area (Å²) in [4.78, 5) is 0. The number of rotatable bonds is 48. The van der Waals surface area contributed by atoms with Crippen LogP contribution in [-0.4, -0.2) is 53.9 Å². The molecule has 0 heterocycles. The van der Waals surface area contributed by atoms with Crippen LogP contribution in [0.1, 0.15) is 411 Å². The molecule has 698 valence electrons. The number of nitriles is 1. The number of benzene rings is 8. The van der Waals surface area contributed by atoms with E-state index in [1.807, 2.05) is 95.3 Å². The van der Waals surface area contributed by atoms with E-state index in [1.54, 1.807) is 33.3 Å². The Morgan fingerprint density at radius 2 is 0.528 bits per heavy atom. The molecule has 6 unspecified atom stereocenters. The van der Waals surface area contributed by atoms with Gasteiger partial charge in [-0.3, -0.25) is 0 Å². The summed E-state index contributed by atoms with van der Waals surface area (Å²) in [6.07, 6.45) is 35.3. The normalized spacial score (nSPS) is 12.8. The lowest BCUT2D eigenvalue weighted by Gasteiger charge is -2.23. The van der Waals surface area contributed by atoms with Crippen LogP contribution in [0.15, 0.2) is 194 Å². The van der Waals surface area contributed by atoms with Gasteiger partial charge in [0.05, 0.1) is 37.9 Å². The van der Waals surface area contributed by atoms with Gasteiger partial charge in [-0.05, 0) is 280 Å². The second-order valence-electron chi connectivity index (χ2n) is 35.9. The van der Waals surface area contributed by atoms with E-state index in [1.165, 1.54) is 223 Å². The third kappa shape index (κ3) is 49.4. The van der Waals surface area contributed by atoms with E-state index in [4.69, 9.17) is 28.4 Å². The van der Waals surface area contributed by atoms with Crippen LogP contribution in [0.25, 0.3) is 0 Å². The summed E-state index contributed by atoms with van der Waals surface area (Å²) in [5.74, 6) is 6.16. The summed E-state index contributed by atoms with van der Waals surface area (Å²) in [6, 6.07) is 70.9. The first kappa shape index (κ1) is 115. The molecule has 0 aliphatic rings. The molecule has 8 heteroatoms. The van der Waals surface area contributed by atoms with Gasteiger partial charge in [0.1, 0.15) is 41.9 Å². The fourth-order valence-electron chi connectivity index (χ4n) is 13.6. The SMILES string of the molecule is CCC(C)(C#N)c1ccc(OCCOC)cc1.CCC(C)c1ccc(OCCOC)cc1.CCCCCCCCc1ccc(C(C)(C)CC)cc1.CCCCCCCCc1ccc(C(C)CC)cc1.CCCCc1ccc(C(C)(C)CC)cc1.CCCCc1ccc(C(C)CC)cc1.CCOc1ccc(C(C)(F)CC)cc1.CCOc1ccc(C(C)CC)cc1. The first-order chi connectivity index (χ1) is 60.0. The van der Waals surface area contributed by atoms with Crippen molar-refractivity contribution in [3.63, 3.8) is 0 Å². The van der Waals surface area contributed by atoms with Crippen molar-refractivity contribution in [1.29, 1.82) is 5.26 Å². The van der Waals surface area contributed by atoms with Gasteiger partial charge in [-0.2, -0.15) is 5.26 Å². The van der Waals surface area contributed by atoms with Crippen LogP contribution >= 0.6 is 0 Å². The maximum Gasteiger partial charge on any atom is 0.133 e. The van der Waals surface area contributed by atoms with Crippen LogP contribution in [0.3, 0.4) is 0 Å². The van der Waals surface area contributed by atoms with E-state index in [0.717, 1.165) is 41.6 Å². The Balaban J connectivity index is 0.000000716. The number of methoxy groups -OCH3 is 2. The zero-order chi connectivity index (χ0) is 93.2. The van der Waals surface area contributed by atoms with E-state index in [9.17, 15) is 9.65 Å². The number of nitrogens with zero attached hydrogens (tertiary/aromatic N) is 1. The summed E-state index contributed by atoms with van der Waals surface area (Å²) in [7, 11) is 3.32. The molecule has 0 saturated carbocycles. The summed E-state index contributed by atoms with van der Waals surface area (Å²) in [5.41, 5.74) is 15.4. The van der Waals surface area contributed by atoms with Crippen LogP contribution in [0.4, 0.5) is 4.39 Å². The first-order valence-corrected chi connectivity index (χ1v) is 49.4. The monoisotopic (exact) mass is 1720 g/mol. The van der Waals surface area contributed by atoms with Gasteiger partial charge in [0, 0.05) is 14.2 Å². The molecule has 0 bridgehead atoms. The maximum atomic E-state index is 13.8. The highest BCUT2D eigenvalue weighted by Crippen LogP contribution is 2.33. The Labute approximate surface area is 768 Å². The molecule has 6 atom stereocenters. The van der Waals surface area contributed by atoms with Crippen molar-refractivity contribution >= 4 is 0 Å². The van der Waals surface area contributed by atoms with Crippen LogP contribution < -0.4 is 18.9 Å². The van der Waals surface area contributed by atoms with Crippen molar-refractivity contribution in [3.8, 4) is 29.1 Å². The molecule has 0 spiro atoms.